The van der Waals surface area contributed by atoms with Crippen LogP contribution in [0.15, 0.2) is 12.3 Å². The molecule has 18 heavy (non-hydrogen) atoms. The molecule has 0 amide bonds. The maximum atomic E-state index is 14.0. The Morgan fingerprint density at radius 3 is 2.33 bits per heavy atom. The van der Waals surface area contributed by atoms with Gasteiger partial charge in [0.15, 0.2) is 12.1 Å². The van der Waals surface area contributed by atoms with Crippen molar-refractivity contribution >= 4 is 19.0 Å². The Labute approximate surface area is 106 Å². The Morgan fingerprint density at radius 1 is 1.28 bits per heavy atom. The van der Waals surface area contributed by atoms with Gasteiger partial charge in [-0.3, -0.25) is 9.78 Å². The monoisotopic (exact) mass is 251 g/mol. The summed E-state index contributed by atoms with van der Waals surface area (Å²) in [6, 6.07) is 1.32. The molecular weight excluding hydrogens is 236 g/mol. The highest BCUT2D eigenvalue weighted by molar-refractivity contribution is 6.61. The smallest absolute Gasteiger partial charge is 0.398 e. The van der Waals surface area contributed by atoms with E-state index in [2.05, 4.69) is 4.98 Å². The lowest BCUT2D eigenvalue weighted by Crippen LogP contribution is -2.41. The molecule has 6 heteroatoms. The molecule has 0 radical (unpaired) electrons. The van der Waals surface area contributed by atoms with Gasteiger partial charge in [0.25, 0.3) is 0 Å². The lowest BCUT2D eigenvalue weighted by atomic mass is 9.83. The van der Waals surface area contributed by atoms with Gasteiger partial charge in [-0.05, 0) is 33.8 Å². The Morgan fingerprint density at radius 2 is 1.83 bits per heavy atom. The molecular formula is C12H15BFNO3. The van der Waals surface area contributed by atoms with Crippen LogP contribution in [0.2, 0.25) is 0 Å². The van der Waals surface area contributed by atoms with Crippen molar-refractivity contribution < 1.29 is 18.5 Å². The van der Waals surface area contributed by atoms with Crippen molar-refractivity contribution in [1.29, 1.82) is 0 Å². The van der Waals surface area contributed by atoms with Gasteiger partial charge in [-0.1, -0.05) is 0 Å². The topological polar surface area (TPSA) is 48.4 Å². The molecule has 0 aromatic carbocycles. The van der Waals surface area contributed by atoms with E-state index in [0.29, 0.717) is 6.29 Å². The van der Waals surface area contributed by atoms with Gasteiger partial charge in [0.2, 0.25) is 0 Å². The molecule has 0 spiro atoms. The van der Waals surface area contributed by atoms with Crippen LogP contribution in [-0.4, -0.2) is 29.6 Å². The molecule has 1 fully saturated rings. The summed E-state index contributed by atoms with van der Waals surface area (Å²) in [5.74, 6) is -0.689. The van der Waals surface area contributed by atoms with Crippen molar-refractivity contribution in [3.8, 4) is 0 Å². The fourth-order valence-electron chi connectivity index (χ4n) is 1.69. The number of aromatic nitrogens is 1. The average Bonchev–Trinajstić information content (AvgIpc) is 2.48. The molecule has 0 aliphatic carbocycles. The second kappa shape index (κ2) is 4.14. The van der Waals surface area contributed by atoms with Crippen LogP contribution in [0.1, 0.15) is 38.1 Å². The first-order chi connectivity index (χ1) is 8.28. The number of carbonyl (C=O) groups is 1. The first kappa shape index (κ1) is 13.2. The maximum absolute atomic E-state index is 14.0. The number of hydrogen-bond donors (Lipinski definition) is 0. The minimum Gasteiger partial charge on any atom is -0.398 e. The first-order valence-corrected chi connectivity index (χ1v) is 5.74. The molecule has 1 saturated heterocycles. The largest absolute Gasteiger partial charge is 0.517 e. The molecule has 0 bridgehead atoms. The van der Waals surface area contributed by atoms with Gasteiger partial charge in [0, 0.05) is 6.20 Å². The van der Waals surface area contributed by atoms with Crippen LogP contribution in [0.25, 0.3) is 0 Å². The van der Waals surface area contributed by atoms with E-state index in [0.717, 1.165) is 0 Å². The summed E-state index contributed by atoms with van der Waals surface area (Å²) < 4.78 is 25.4. The van der Waals surface area contributed by atoms with E-state index >= 15 is 0 Å². The Kier molecular flexibility index (Phi) is 3.03. The second-order valence-corrected chi connectivity index (χ2v) is 5.31. The molecule has 0 saturated carbocycles. The lowest BCUT2D eigenvalue weighted by molar-refractivity contribution is 0.00578. The third kappa shape index (κ3) is 1.95. The summed E-state index contributed by atoms with van der Waals surface area (Å²) in [4.78, 5) is 14.6. The Bertz CT molecular complexity index is 474. The molecule has 1 aromatic rings. The quantitative estimate of drug-likeness (QED) is 0.587. The Balaban J connectivity index is 2.38. The highest BCUT2D eigenvalue weighted by Crippen LogP contribution is 2.36. The van der Waals surface area contributed by atoms with E-state index in [9.17, 15) is 9.18 Å². The Hall–Kier alpha value is -1.27. The van der Waals surface area contributed by atoms with Crippen LogP contribution >= 0.6 is 0 Å². The summed E-state index contributed by atoms with van der Waals surface area (Å²) in [7, 11) is -0.894. The predicted molar refractivity (Wildman–Crippen MR) is 65.3 cm³/mol. The van der Waals surface area contributed by atoms with Gasteiger partial charge < -0.3 is 9.31 Å². The summed E-state index contributed by atoms with van der Waals surface area (Å²) in [5.41, 5.74) is -1.17. The van der Waals surface area contributed by atoms with E-state index < -0.39 is 24.1 Å². The van der Waals surface area contributed by atoms with Crippen LogP contribution in [0.5, 0.6) is 0 Å². The van der Waals surface area contributed by atoms with Gasteiger partial charge in [-0.15, -0.1) is 0 Å². The summed E-state index contributed by atoms with van der Waals surface area (Å²) in [5, 5.41) is 0. The van der Waals surface area contributed by atoms with Gasteiger partial charge in [0.1, 0.15) is 5.59 Å². The fraction of sp³-hybridized carbons (Fsp3) is 0.500. The molecule has 96 valence electrons. The van der Waals surface area contributed by atoms with Crippen LogP contribution in [0.3, 0.4) is 0 Å². The molecule has 1 aromatic heterocycles. The zero-order valence-electron chi connectivity index (χ0n) is 10.9. The molecule has 1 aliphatic heterocycles. The number of carbonyl (C=O) groups excluding carboxylic acids is 1. The normalized spacial score (nSPS) is 21.1. The fourth-order valence-corrected chi connectivity index (χ4v) is 1.69. The lowest BCUT2D eigenvalue weighted by Gasteiger charge is -2.32. The SMILES string of the molecule is CC1(C)OB(c2nccc(C=O)c2F)OC1(C)C. The molecule has 0 atom stereocenters. The number of aldehydes is 1. The molecule has 0 N–H and O–H groups in total. The highest BCUT2D eigenvalue weighted by Gasteiger charge is 2.53. The van der Waals surface area contributed by atoms with Gasteiger partial charge >= 0.3 is 7.12 Å². The minimum absolute atomic E-state index is 0.0123. The van der Waals surface area contributed by atoms with Crippen molar-refractivity contribution in [2.75, 3.05) is 0 Å². The van der Waals surface area contributed by atoms with Crippen LogP contribution in [-0.2, 0) is 9.31 Å². The number of hydrogen-bond acceptors (Lipinski definition) is 4. The van der Waals surface area contributed by atoms with E-state index in [1.165, 1.54) is 12.3 Å². The van der Waals surface area contributed by atoms with Gasteiger partial charge in [-0.25, -0.2) is 4.39 Å². The average molecular weight is 251 g/mol. The van der Waals surface area contributed by atoms with Crippen molar-refractivity contribution in [3.05, 3.63) is 23.6 Å². The maximum Gasteiger partial charge on any atom is 0.517 e. The van der Waals surface area contributed by atoms with E-state index in [-0.39, 0.29) is 11.2 Å². The predicted octanol–water partition coefficient (Wildman–Crippen LogP) is 1.33. The number of pyridine rings is 1. The molecule has 2 rings (SSSR count). The molecule has 0 unspecified atom stereocenters. The number of halogens is 1. The molecule has 2 heterocycles. The first-order valence-electron chi connectivity index (χ1n) is 5.74. The number of rotatable bonds is 2. The van der Waals surface area contributed by atoms with Crippen LogP contribution < -0.4 is 5.59 Å². The third-order valence-corrected chi connectivity index (χ3v) is 3.55. The number of nitrogens with zero attached hydrogens (tertiary/aromatic N) is 1. The zero-order valence-corrected chi connectivity index (χ0v) is 10.9. The minimum atomic E-state index is -0.894. The standard InChI is InChI=1S/C12H15BFNO3/c1-11(2)12(3,4)18-13(17-11)10-9(14)8(7-16)5-6-15-10/h5-7H,1-4H3. The summed E-state index contributed by atoms with van der Waals surface area (Å²) in [6.07, 6.45) is 1.82. The van der Waals surface area contributed by atoms with Crippen LogP contribution in [0, 0.1) is 5.82 Å². The van der Waals surface area contributed by atoms with Crippen molar-refractivity contribution in [2.45, 2.75) is 38.9 Å². The van der Waals surface area contributed by atoms with Crippen LogP contribution in [0.4, 0.5) is 4.39 Å². The van der Waals surface area contributed by atoms with Crippen molar-refractivity contribution in [2.24, 2.45) is 0 Å². The molecule has 1 aliphatic rings. The van der Waals surface area contributed by atoms with Crippen molar-refractivity contribution in [3.63, 3.8) is 0 Å². The zero-order chi connectivity index (χ0) is 13.6. The highest BCUT2D eigenvalue weighted by atomic mass is 19.1. The second-order valence-electron chi connectivity index (χ2n) is 5.31. The third-order valence-electron chi connectivity index (χ3n) is 3.55. The van der Waals surface area contributed by atoms with E-state index in [4.69, 9.17) is 9.31 Å². The summed E-state index contributed by atoms with van der Waals surface area (Å²) >= 11 is 0. The van der Waals surface area contributed by atoms with Crippen molar-refractivity contribution in [1.82, 2.24) is 4.98 Å². The van der Waals surface area contributed by atoms with E-state index in [1.807, 2.05) is 27.7 Å². The van der Waals surface area contributed by atoms with Gasteiger partial charge in [0.05, 0.1) is 16.8 Å². The van der Waals surface area contributed by atoms with E-state index in [1.54, 1.807) is 0 Å². The summed E-state index contributed by atoms with van der Waals surface area (Å²) in [6.45, 7) is 7.48. The molecule has 4 nitrogen and oxygen atoms in total. The van der Waals surface area contributed by atoms with Gasteiger partial charge in [-0.2, -0.15) is 0 Å².